The summed E-state index contributed by atoms with van der Waals surface area (Å²) in [7, 11) is 0. The summed E-state index contributed by atoms with van der Waals surface area (Å²) in [6.07, 6.45) is 26.5. The summed E-state index contributed by atoms with van der Waals surface area (Å²) >= 11 is 0. The number of rotatable bonds is 26. The highest BCUT2D eigenvalue weighted by molar-refractivity contribution is 6.04. The van der Waals surface area contributed by atoms with Crippen molar-refractivity contribution in [3.63, 3.8) is 0 Å². The Labute approximate surface area is 369 Å². The van der Waals surface area contributed by atoms with Gasteiger partial charge in [0, 0.05) is 11.1 Å². The first-order chi connectivity index (χ1) is 30.0. The molecule has 4 aromatic rings. The second kappa shape index (κ2) is 26.7. The minimum atomic E-state index is -0.511. The second-order valence-electron chi connectivity index (χ2n) is 17.2. The summed E-state index contributed by atoms with van der Waals surface area (Å²) in [5, 5.41) is 0. The fraction of sp³-hybridized carbons (Fsp3) is 0.527. The summed E-state index contributed by atoms with van der Waals surface area (Å²) in [6.45, 7) is 8.93. The van der Waals surface area contributed by atoms with E-state index in [2.05, 4.69) is 39.8 Å². The monoisotopic (exact) mass is 829 g/mol. The topological polar surface area (TPSA) is 59.1 Å². The molecule has 0 unspecified atom stereocenters. The summed E-state index contributed by atoms with van der Waals surface area (Å²) in [5.74, 6) is 1.24. The number of amides is 2. The highest BCUT2D eigenvalue weighted by Gasteiger charge is 2.34. The molecule has 6 heteroatoms. The van der Waals surface area contributed by atoms with Crippen LogP contribution >= 0.6 is 0 Å². The van der Waals surface area contributed by atoms with Crippen molar-refractivity contribution < 1.29 is 19.1 Å². The van der Waals surface area contributed by atoms with E-state index in [0.717, 1.165) is 86.5 Å². The van der Waals surface area contributed by atoms with Gasteiger partial charge in [-0.1, -0.05) is 191 Å². The molecule has 0 aliphatic carbocycles. The highest BCUT2D eigenvalue weighted by Crippen LogP contribution is 2.42. The summed E-state index contributed by atoms with van der Waals surface area (Å²) in [6, 6.07) is 28.2. The van der Waals surface area contributed by atoms with Gasteiger partial charge in [-0.3, -0.25) is 9.80 Å². The first-order valence-electron chi connectivity index (χ1n) is 24.4. The van der Waals surface area contributed by atoms with Crippen molar-refractivity contribution in [3.05, 3.63) is 107 Å². The summed E-state index contributed by atoms with van der Waals surface area (Å²) in [4.78, 5) is 32.7. The molecule has 0 fully saturated rings. The number of carbonyl (C=O) groups excluding carboxylic acids is 2. The average Bonchev–Trinajstić information content (AvgIpc) is 3.42. The maximum Gasteiger partial charge on any atom is 0.421 e. The predicted molar refractivity (Wildman–Crippen MR) is 256 cm³/mol. The van der Waals surface area contributed by atoms with Gasteiger partial charge in [0.05, 0.1) is 11.4 Å². The number of carbonyl (C=O) groups is 2. The molecule has 0 atom stereocenters. The number of anilines is 2. The van der Waals surface area contributed by atoms with Gasteiger partial charge in [-0.2, -0.15) is 0 Å². The van der Waals surface area contributed by atoms with Gasteiger partial charge in [0.15, 0.2) is 0 Å². The number of nitrogens with zero attached hydrogens (tertiary/aromatic N) is 2. The number of unbranched alkanes of at least 4 members (excludes halogenated alkanes) is 16. The molecule has 0 bridgehead atoms. The van der Waals surface area contributed by atoms with Crippen molar-refractivity contribution in [1.82, 2.24) is 0 Å². The molecule has 1 aliphatic heterocycles. The third kappa shape index (κ3) is 14.2. The van der Waals surface area contributed by atoms with Gasteiger partial charge in [0.2, 0.25) is 0 Å². The van der Waals surface area contributed by atoms with Crippen LogP contribution in [0.15, 0.2) is 84.9 Å². The largest absolute Gasteiger partial charge is 0.421 e. The van der Waals surface area contributed by atoms with Gasteiger partial charge in [0.1, 0.15) is 18.2 Å². The maximum absolute atomic E-state index is 14.8. The number of benzene rings is 4. The summed E-state index contributed by atoms with van der Waals surface area (Å²) < 4.78 is 13.0. The van der Waals surface area contributed by atoms with E-state index in [-0.39, 0.29) is 6.67 Å². The average molecular weight is 829 g/mol. The van der Waals surface area contributed by atoms with E-state index < -0.39 is 12.2 Å². The Kier molecular flexibility index (Phi) is 20.8. The Morgan fingerprint density at radius 3 is 1.13 bits per heavy atom. The second-order valence-corrected chi connectivity index (χ2v) is 17.2. The van der Waals surface area contributed by atoms with E-state index in [1.54, 1.807) is 9.80 Å². The van der Waals surface area contributed by atoms with Crippen LogP contribution in [0.3, 0.4) is 0 Å². The maximum atomic E-state index is 14.8. The van der Waals surface area contributed by atoms with Crippen LogP contribution in [0.5, 0.6) is 11.5 Å². The Morgan fingerprint density at radius 1 is 0.410 bits per heavy atom. The zero-order valence-corrected chi connectivity index (χ0v) is 38.3. The fourth-order valence-electron chi connectivity index (χ4n) is 8.88. The van der Waals surface area contributed by atoms with Crippen molar-refractivity contribution >= 4 is 23.6 Å². The molecule has 1 heterocycles. The Hall–Kier alpha value is -4.58. The van der Waals surface area contributed by atoms with Crippen LogP contribution in [0, 0.1) is 0 Å². The van der Waals surface area contributed by atoms with Crippen molar-refractivity contribution in [2.75, 3.05) is 16.5 Å². The van der Waals surface area contributed by atoms with Gasteiger partial charge in [-0.25, -0.2) is 9.59 Å². The molecule has 0 aromatic heterocycles. The Morgan fingerprint density at radius 2 is 0.754 bits per heavy atom. The zero-order chi connectivity index (χ0) is 43.1. The first kappa shape index (κ1) is 47.5. The van der Waals surface area contributed by atoms with Crippen LogP contribution in [0.4, 0.5) is 21.0 Å². The van der Waals surface area contributed by atoms with Crippen LogP contribution in [0.1, 0.15) is 178 Å². The molecule has 1 aliphatic rings. The van der Waals surface area contributed by atoms with Gasteiger partial charge in [-0.05, 0) is 97.9 Å². The van der Waals surface area contributed by atoms with Gasteiger partial charge < -0.3 is 9.47 Å². The van der Waals surface area contributed by atoms with E-state index >= 15 is 0 Å². The standard InChI is InChI=1S/C55H76N2O4/c1-5-9-13-17-21-31-44-33-29-41-52(46(44)35-23-19-15-11-7-3)60-54(58)56-43-57(51-40-28-26-38-49(51)48-37-25-27-39-50(48)56)55(59)61-53-42-30-34-45(32-22-18-14-10-6-2)47(53)36-24-20-16-12-8-4/h25-30,33-34,37-42H,5-24,31-32,35-36,43H2,1-4H3. The van der Waals surface area contributed by atoms with Gasteiger partial charge in [0.25, 0.3) is 0 Å². The quantitative estimate of drug-likeness (QED) is 0.0592. The Balaban J connectivity index is 1.45. The molecular weight excluding hydrogens is 753 g/mol. The van der Waals surface area contributed by atoms with E-state index in [1.807, 2.05) is 72.8 Å². The van der Waals surface area contributed by atoms with Gasteiger partial charge in [-0.15, -0.1) is 0 Å². The number of hydrogen-bond donors (Lipinski definition) is 0. The Bertz CT molecular complexity index is 1780. The van der Waals surface area contributed by atoms with Crippen LogP contribution in [-0.2, 0) is 25.7 Å². The van der Waals surface area contributed by atoms with Crippen molar-refractivity contribution in [1.29, 1.82) is 0 Å². The molecule has 61 heavy (non-hydrogen) atoms. The lowest BCUT2D eigenvalue weighted by molar-refractivity contribution is 0.202. The molecule has 0 radical (unpaired) electrons. The van der Waals surface area contributed by atoms with Crippen molar-refractivity contribution in [3.8, 4) is 22.6 Å². The molecule has 5 rings (SSSR count). The molecule has 6 nitrogen and oxygen atoms in total. The lowest BCUT2D eigenvalue weighted by atomic mass is 9.95. The third-order valence-corrected chi connectivity index (χ3v) is 12.4. The minimum absolute atomic E-state index is 0.0569. The smallest absolute Gasteiger partial charge is 0.410 e. The number of aryl methyl sites for hydroxylation is 2. The lowest BCUT2D eigenvalue weighted by Gasteiger charge is -2.28. The van der Waals surface area contributed by atoms with E-state index in [9.17, 15) is 9.59 Å². The van der Waals surface area contributed by atoms with Crippen molar-refractivity contribution in [2.45, 2.75) is 182 Å². The summed E-state index contributed by atoms with van der Waals surface area (Å²) in [5.41, 5.74) is 7.94. The molecular formula is C55H76N2O4. The number of ether oxygens (including phenoxy) is 2. The van der Waals surface area contributed by atoms with E-state index in [0.29, 0.717) is 22.9 Å². The highest BCUT2D eigenvalue weighted by atomic mass is 16.6. The van der Waals surface area contributed by atoms with Crippen LogP contribution in [-0.4, -0.2) is 18.9 Å². The molecule has 330 valence electrons. The van der Waals surface area contributed by atoms with E-state index in [1.165, 1.54) is 101 Å². The zero-order valence-electron chi connectivity index (χ0n) is 38.3. The van der Waals surface area contributed by atoms with Gasteiger partial charge >= 0.3 is 12.2 Å². The molecule has 0 N–H and O–H groups in total. The molecule has 2 amide bonds. The van der Waals surface area contributed by atoms with Crippen LogP contribution in [0.25, 0.3) is 11.1 Å². The van der Waals surface area contributed by atoms with Crippen molar-refractivity contribution in [2.24, 2.45) is 0 Å². The lowest BCUT2D eigenvalue weighted by Crippen LogP contribution is -2.46. The number of fused-ring (bicyclic) bond motifs is 3. The minimum Gasteiger partial charge on any atom is -0.410 e. The van der Waals surface area contributed by atoms with E-state index in [4.69, 9.17) is 9.47 Å². The fourth-order valence-corrected chi connectivity index (χ4v) is 8.88. The van der Waals surface area contributed by atoms with Crippen LogP contribution < -0.4 is 19.3 Å². The molecule has 0 spiro atoms. The predicted octanol–water partition coefficient (Wildman–Crippen LogP) is 16.4. The molecule has 0 saturated heterocycles. The number of hydrogen-bond acceptors (Lipinski definition) is 4. The number of para-hydroxylation sites is 2. The normalized spacial score (nSPS) is 12.2. The molecule has 4 aromatic carbocycles. The third-order valence-electron chi connectivity index (χ3n) is 12.4. The molecule has 0 saturated carbocycles. The SMILES string of the molecule is CCCCCCCc1cccc(OC(=O)N2CN(C(=O)Oc3cccc(CCCCCCC)c3CCCCCCC)c3ccccc3-c3ccccc32)c1CCCCCCC. The first-order valence-corrected chi connectivity index (χ1v) is 24.4. The van der Waals surface area contributed by atoms with Crippen LogP contribution in [0.2, 0.25) is 0 Å².